The summed E-state index contributed by atoms with van der Waals surface area (Å²) in [5.74, 6) is 0.423. The lowest BCUT2D eigenvalue weighted by Gasteiger charge is -2.26. The van der Waals surface area contributed by atoms with Gasteiger partial charge in [0.25, 0.3) is 0 Å². The first-order chi connectivity index (χ1) is 8.40. The molecule has 0 aliphatic heterocycles. The number of anilines is 1. The lowest BCUT2D eigenvalue weighted by Crippen LogP contribution is -2.41. The van der Waals surface area contributed by atoms with Gasteiger partial charge >= 0.3 is 5.97 Å². The molecule has 4 heteroatoms. The summed E-state index contributed by atoms with van der Waals surface area (Å²) in [6.45, 7) is 7.72. The largest absolute Gasteiger partial charge is 0.495 e. The number of carbonyl (C=O) groups excluding carboxylic acids is 1. The second-order valence-electron chi connectivity index (χ2n) is 4.67. The highest BCUT2D eigenvalue weighted by atomic mass is 16.5. The van der Waals surface area contributed by atoms with Crippen molar-refractivity contribution in [3.63, 3.8) is 0 Å². The minimum atomic E-state index is -0.795. The maximum Gasteiger partial charge on any atom is 0.331 e. The Kier molecular flexibility index (Phi) is 4.59. The Bertz CT molecular complexity index is 427. The molecule has 18 heavy (non-hydrogen) atoms. The van der Waals surface area contributed by atoms with Gasteiger partial charge in [-0.15, -0.1) is 0 Å². The second kappa shape index (κ2) is 5.76. The van der Waals surface area contributed by atoms with Crippen molar-refractivity contribution in [2.24, 2.45) is 0 Å². The minimum Gasteiger partial charge on any atom is -0.495 e. The number of hydrogen-bond donors (Lipinski definition) is 1. The van der Waals surface area contributed by atoms with Gasteiger partial charge in [-0.25, -0.2) is 4.79 Å². The summed E-state index contributed by atoms with van der Waals surface area (Å²) >= 11 is 0. The zero-order chi connectivity index (χ0) is 13.8. The van der Waals surface area contributed by atoms with Crippen molar-refractivity contribution in [2.75, 3.05) is 19.0 Å². The van der Waals surface area contributed by atoms with E-state index in [-0.39, 0.29) is 5.97 Å². The molecule has 0 unspecified atom stereocenters. The molecule has 100 valence electrons. The van der Waals surface area contributed by atoms with E-state index in [1.54, 1.807) is 27.9 Å². The van der Waals surface area contributed by atoms with Crippen molar-refractivity contribution in [2.45, 2.75) is 33.2 Å². The average molecular weight is 251 g/mol. The number of rotatable bonds is 5. The highest BCUT2D eigenvalue weighted by molar-refractivity contribution is 5.84. The molecule has 1 N–H and O–H groups in total. The lowest BCUT2D eigenvalue weighted by molar-refractivity contribution is -0.147. The van der Waals surface area contributed by atoms with Crippen molar-refractivity contribution in [3.8, 4) is 5.75 Å². The molecule has 1 rings (SSSR count). The monoisotopic (exact) mass is 251 g/mol. The van der Waals surface area contributed by atoms with Crippen LogP contribution in [-0.4, -0.2) is 25.2 Å². The Hall–Kier alpha value is -1.71. The van der Waals surface area contributed by atoms with Crippen molar-refractivity contribution >= 4 is 11.7 Å². The second-order valence-corrected chi connectivity index (χ2v) is 4.67. The number of methoxy groups -OCH3 is 1. The summed E-state index contributed by atoms with van der Waals surface area (Å²) in [4.78, 5) is 11.8. The predicted octanol–water partition coefficient (Wildman–Crippen LogP) is 2.76. The van der Waals surface area contributed by atoms with Crippen LogP contribution >= 0.6 is 0 Å². The van der Waals surface area contributed by atoms with Crippen molar-refractivity contribution in [1.82, 2.24) is 0 Å². The molecule has 0 aliphatic rings. The molecule has 0 saturated carbocycles. The summed E-state index contributed by atoms with van der Waals surface area (Å²) in [6, 6.07) is 5.78. The van der Waals surface area contributed by atoms with Gasteiger partial charge in [0, 0.05) is 0 Å². The molecule has 0 radical (unpaired) electrons. The molecule has 1 aromatic carbocycles. The Morgan fingerprint density at radius 2 is 2.06 bits per heavy atom. The number of carbonyl (C=O) groups is 1. The molecule has 0 spiro atoms. The van der Waals surface area contributed by atoms with Gasteiger partial charge < -0.3 is 14.8 Å². The predicted molar refractivity (Wildman–Crippen MR) is 72.1 cm³/mol. The summed E-state index contributed by atoms with van der Waals surface area (Å²) < 4.78 is 10.3. The summed E-state index contributed by atoms with van der Waals surface area (Å²) in [5, 5.41) is 3.16. The van der Waals surface area contributed by atoms with Crippen molar-refractivity contribution in [1.29, 1.82) is 0 Å². The average Bonchev–Trinajstić information content (AvgIpc) is 2.29. The zero-order valence-electron chi connectivity index (χ0n) is 11.7. The van der Waals surface area contributed by atoms with Crippen LogP contribution in [0.5, 0.6) is 5.75 Å². The summed E-state index contributed by atoms with van der Waals surface area (Å²) in [7, 11) is 1.60. The molecule has 4 nitrogen and oxygen atoms in total. The lowest BCUT2D eigenvalue weighted by atomic mass is 10.0. The van der Waals surface area contributed by atoms with Crippen LogP contribution in [0.1, 0.15) is 26.3 Å². The fourth-order valence-electron chi connectivity index (χ4n) is 1.62. The fraction of sp³-hybridized carbons (Fsp3) is 0.500. The van der Waals surface area contributed by atoms with Crippen LogP contribution in [0, 0.1) is 6.92 Å². The molecule has 1 aromatic rings. The minimum absolute atomic E-state index is 0.284. The van der Waals surface area contributed by atoms with E-state index < -0.39 is 5.54 Å². The van der Waals surface area contributed by atoms with E-state index in [0.29, 0.717) is 12.4 Å². The Morgan fingerprint density at radius 3 is 2.61 bits per heavy atom. The van der Waals surface area contributed by atoms with E-state index in [1.807, 2.05) is 25.1 Å². The van der Waals surface area contributed by atoms with E-state index in [9.17, 15) is 4.79 Å². The molecule has 0 heterocycles. The number of nitrogens with one attached hydrogen (secondary N) is 1. The van der Waals surface area contributed by atoms with Crippen molar-refractivity contribution < 1.29 is 14.3 Å². The van der Waals surface area contributed by atoms with Crippen LogP contribution in [0.3, 0.4) is 0 Å². The molecule has 0 aromatic heterocycles. The third-order valence-corrected chi connectivity index (χ3v) is 2.59. The Balaban J connectivity index is 2.95. The highest BCUT2D eigenvalue weighted by Crippen LogP contribution is 2.28. The van der Waals surface area contributed by atoms with E-state index in [4.69, 9.17) is 9.47 Å². The third-order valence-electron chi connectivity index (χ3n) is 2.59. The number of benzene rings is 1. The number of hydrogen-bond acceptors (Lipinski definition) is 4. The first-order valence-electron chi connectivity index (χ1n) is 6.00. The molecule has 0 atom stereocenters. The van der Waals surface area contributed by atoms with Gasteiger partial charge in [-0.05, 0) is 45.4 Å². The third kappa shape index (κ3) is 3.39. The zero-order valence-corrected chi connectivity index (χ0v) is 11.7. The number of aryl methyl sites for hydroxylation is 1. The Morgan fingerprint density at radius 1 is 1.39 bits per heavy atom. The van der Waals surface area contributed by atoms with Gasteiger partial charge in [0.1, 0.15) is 11.3 Å². The molecule has 0 aliphatic carbocycles. The van der Waals surface area contributed by atoms with Gasteiger partial charge in [-0.3, -0.25) is 0 Å². The van der Waals surface area contributed by atoms with Gasteiger partial charge in [0.15, 0.2) is 0 Å². The van der Waals surface area contributed by atoms with Crippen molar-refractivity contribution in [3.05, 3.63) is 23.8 Å². The standard InChI is InChI=1S/C14H21NO3/c1-6-18-13(16)14(3,4)15-11-9-10(2)7-8-12(11)17-5/h7-9,15H,6H2,1-5H3. The first kappa shape index (κ1) is 14.4. The van der Waals surface area contributed by atoms with Crippen LogP contribution < -0.4 is 10.1 Å². The van der Waals surface area contributed by atoms with Gasteiger partial charge in [-0.2, -0.15) is 0 Å². The molecule has 0 saturated heterocycles. The molecular weight excluding hydrogens is 230 g/mol. The smallest absolute Gasteiger partial charge is 0.331 e. The SMILES string of the molecule is CCOC(=O)C(C)(C)Nc1cc(C)ccc1OC. The first-order valence-corrected chi connectivity index (χ1v) is 6.00. The van der Waals surface area contributed by atoms with E-state index in [2.05, 4.69) is 5.32 Å². The van der Waals surface area contributed by atoms with Crippen LogP contribution in [0.2, 0.25) is 0 Å². The molecular formula is C14H21NO3. The highest BCUT2D eigenvalue weighted by Gasteiger charge is 2.29. The van der Waals surface area contributed by atoms with Crippen LogP contribution in [0.25, 0.3) is 0 Å². The van der Waals surface area contributed by atoms with Crippen LogP contribution in [0.15, 0.2) is 18.2 Å². The maximum absolute atomic E-state index is 11.8. The van der Waals surface area contributed by atoms with E-state index >= 15 is 0 Å². The fourth-order valence-corrected chi connectivity index (χ4v) is 1.62. The van der Waals surface area contributed by atoms with Crippen LogP contribution in [-0.2, 0) is 9.53 Å². The van der Waals surface area contributed by atoms with Gasteiger partial charge in [0.2, 0.25) is 0 Å². The maximum atomic E-state index is 11.8. The van der Waals surface area contributed by atoms with Gasteiger partial charge in [-0.1, -0.05) is 6.07 Å². The number of esters is 1. The summed E-state index contributed by atoms with van der Waals surface area (Å²) in [6.07, 6.45) is 0. The van der Waals surface area contributed by atoms with Crippen LogP contribution in [0.4, 0.5) is 5.69 Å². The molecule has 0 bridgehead atoms. The quantitative estimate of drug-likeness (QED) is 0.817. The summed E-state index contributed by atoms with van der Waals surface area (Å²) in [5.41, 5.74) is 1.09. The normalized spacial score (nSPS) is 10.9. The number of ether oxygens (including phenoxy) is 2. The Labute approximate surface area is 108 Å². The molecule has 0 amide bonds. The van der Waals surface area contributed by atoms with Gasteiger partial charge in [0.05, 0.1) is 19.4 Å². The topological polar surface area (TPSA) is 47.6 Å². The molecule has 0 fully saturated rings. The van der Waals surface area contributed by atoms with E-state index in [0.717, 1.165) is 11.3 Å². The van der Waals surface area contributed by atoms with E-state index in [1.165, 1.54) is 0 Å².